The number of amides is 2. The molecule has 4 aromatic rings. The van der Waals surface area contributed by atoms with Crippen LogP contribution in [0.5, 0.6) is 28.7 Å². The zero-order valence-corrected chi connectivity index (χ0v) is 19.9. The first-order valence-electron chi connectivity index (χ1n) is 10.5. The van der Waals surface area contributed by atoms with Crippen molar-refractivity contribution in [2.24, 2.45) is 10.8 Å². The highest BCUT2D eigenvalue weighted by Gasteiger charge is 2.16. The summed E-state index contributed by atoms with van der Waals surface area (Å²) in [6.07, 6.45) is 4.17. The second kappa shape index (κ2) is 11.0. The van der Waals surface area contributed by atoms with Crippen LogP contribution in [-0.4, -0.2) is 58.8 Å². The predicted molar refractivity (Wildman–Crippen MR) is 129 cm³/mol. The quantitative estimate of drug-likeness (QED) is 0.266. The van der Waals surface area contributed by atoms with E-state index in [2.05, 4.69) is 25.6 Å². The van der Waals surface area contributed by atoms with Gasteiger partial charge < -0.3 is 24.7 Å². The molecule has 0 bridgehead atoms. The van der Waals surface area contributed by atoms with Crippen LogP contribution in [0.1, 0.15) is 5.56 Å². The van der Waals surface area contributed by atoms with E-state index in [-0.39, 0.29) is 11.4 Å². The monoisotopic (exact) mass is 508 g/mol. The van der Waals surface area contributed by atoms with E-state index in [0.717, 1.165) is 11.1 Å². The molecule has 0 aliphatic rings. The topological polar surface area (TPSA) is 152 Å². The van der Waals surface area contributed by atoms with Crippen LogP contribution in [0.4, 0.5) is 14.9 Å². The van der Waals surface area contributed by atoms with Crippen molar-refractivity contribution >= 4 is 17.9 Å². The van der Waals surface area contributed by atoms with Crippen molar-refractivity contribution in [1.29, 1.82) is 0 Å². The molecule has 14 heteroatoms. The number of hydrogen-bond acceptors (Lipinski definition) is 10. The zero-order valence-electron chi connectivity index (χ0n) is 19.9. The molecule has 2 aromatic heterocycles. The Balaban J connectivity index is 1.57. The maximum atomic E-state index is 14.9. The van der Waals surface area contributed by atoms with Crippen LogP contribution < -0.4 is 29.7 Å². The number of carbonyl (C=O) groups excluding carboxylic acids is 1. The smallest absolute Gasteiger partial charge is 0.340 e. The van der Waals surface area contributed by atoms with Gasteiger partial charge in [0.1, 0.15) is 12.1 Å². The summed E-state index contributed by atoms with van der Waals surface area (Å²) in [6.45, 7) is 0. The van der Waals surface area contributed by atoms with Gasteiger partial charge >= 0.3 is 6.03 Å². The Hall–Kier alpha value is -5.27. The van der Waals surface area contributed by atoms with Gasteiger partial charge in [0.25, 0.3) is 0 Å². The van der Waals surface area contributed by atoms with Crippen molar-refractivity contribution in [3.05, 3.63) is 66.4 Å². The van der Waals surface area contributed by atoms with Gasteiger partial charge in [-0.2, -0.15) is 14.8 Å². The van der Waals surface area contributed by atoms with Crippen molar-refractivity contribution in [3.63, 3.8) is 0 Å². The number of benzene rings is 2. The highest BCUT2D eigenvalue weighted by Crippen LogP contribution is 2.38. The summed E-state index contributed by atoms with van der Waals surface area (Å²) in [5.74, 6) is 0.982. The molecule has 2 heterocycles. The van der Waals surface area contributed by atoms with Crippen LogP contribution in [0.15, 0.2) is 60.1 Å². The van der Waals surface area contributed by atoms with Gasteiger partial charge in [-0.3, -0.25) is 0 Å². The molecule has 0 fully saturated rings. The summed E-state index contributed by atoms with van der Waals surface area (Å²) in [4.78, 5) is 16.2. The number of nitrogens with zero attached hydrogens (tertiary/aromatic N) is 7. The summed E-state index contributed by atoms with van der Waals surface area (Å²) in [5.41, 5.74) is 6.08. The lowest BCUT2D eigenvalue weighted by atomic mass is 10.2. The van der Waals surface area contributed by atoms with Gasteiger partial charge in [-0.1, -0.05) is 0 Å². The normalized spacial score (nSPS) is 10.8. The van der Waals surface area contributed by atoms with E-state index in [1.54, 1.807) is 18.2 Å². The first-order valence-corrected chi connectivity index (χ1v) is 10.5. The average molecular weight is 508 g/mol. The minimum absolute atomic E-state index is 0.0742. The Morgan fingerprint density at radius 3 is 2.41 bits per heavy atom. The predicted octanol–water partition coefficient (Wildman–Crippen LogP) is 2.93. The molecule has 0 aliphatic heterocycles. The second-order valence-corrected chi connectivity index (χ2v) is 7.17. The van der Waals surface area contributed by atoms with Gasteiger partial charge in [0.2, 0.25) is 5.75 Å². The number of primary amides is 1. The summed E-state index contributed by atoms with van der Waals surface area (Å²) in [6, 6.07) is 9.22. The van der Waals surface area contributed by atoms with Crippen molar-refractivity contribution in [1.82, 2.24) is 25.2 Å². The highest BCUT2D eigenvalue weighted by molar-refractivity contribution is 5.93. The third-order valence-corrected chi connectivity index (χ3v) is 4.91. The fourth-order valence-electron chi connectivity index (χ4n) is 3.24. The van der Waals surface area contributed by atoms with Gasteiger partial charge in [-0.15, -0.1) is 5.10 Å². The lowest BCUT2D eigenvalue weighted by Gasteiger charge is -2.16. The molecule has 0 saturated carbocycles. The molecule has 37 heavy (non-hydrogen) atoms. The first-order chi connectivity index (χ1) is 17.9. The third kappa shape index (κ3) is 5.53. The molecule has 2 aromatic carbocycles. The molecule has 2 N–H and O–H groups in total. The molecule has 0 radical (unpaired) electrons. The molecule has 0 aliphatic carbocycles. The molecule has 0 unspecified atom stereocenters. The molecule has 0 saturated heterocycles. The third-order valence-electron chi connectivity index (χ3n) is 4.91. The van der Waals surface area contributed by atoms with E-state index in [1.807, 2.05) is 0 Å². The van der Waals surface area contributed by atoms with E-state index in [0.29, 0.717) is 34.4 Å². The number of urea groups is 1. The molecule has 4 rings (SSSR count). The average Bonchev–Trinajstić information content (AvgIpc) is 3.45. The van der Waals surface area contributed by atoms with Crippen LogP contribution >= 0.6 is 0 Å². The molecular formula is C23H21FN8O5. The summed E-state index contributed by atoms with van der Waals surface area (Å²) < 4.78 is 37.8. The number of hydrogen-bond donors (Lipinski definition) is 1. The number of pyridine rings is 1. The lowest BCUT2D eigenvalue weighted by molar-refractivity contribution is 0.254. The zero-order chi connectivity index (χ0) is 26.4. The number of nitrogens with two attached hydrogens (primary N) is 1. The largest absolute Gasteiger partial charge is 0.493 e. The van der Waals surface area contributed by atoms with Crippen molar-refractivity contribution in [2.75, 3.05) is 26.3 Å². The van der Waals surface area contributed by atoms with Crippen LogP contribution in [0.25, 0.3) is 5.82 Å². The number of carbonyl (C=O) groups is 1. The van der Waals surface area contributed by atoms with Crippen LogP contribution in [-0.2, 0) is 0 Å². The number of aromatic nitrogens is 5. The number of halogens is 1. The summed E-state index contributed by atoms with van der Waals surface area (Å²) in [5, 5.41) is 15.8. The SMILES string of the molecule is COc1cc(/C=N/N(C(N)=O)c2ccc(Oc3ccnc(-n4cnnn4)c3)c(F)c2)cc(OC)c1OC. The number of hydrazone groups is 1. The van der Waals surface area contributed by atoms with Gasteiger partial charge in [-0.05, 0) is 40.8 Å². The molecule has 0 atom stereocenters. The van der Waals surface area contributed by atoms with Crippen LogP contribution in [0.2, 0.25) is 0 Å². The first kappa shape index (κ1) is 24.8. The fourth-order valence-corrected chi connectivity index (χ4v) is 3.24. The standard InChI is InChI=1S/C23H21FN8O5/c1-34-19-8-14(9-20(35-2)22(19)36-3)12-28-32(23(25)33)15-4-5-18(17(24)10-15)37-16-6-7-26-21(11-16)31-13-27-29-30-31/h4-13H,1-3H3,(H2,25,33)/b28-12+. The maximum absolute atomic E-state index is 14.9. The van der Waals surface area contributed by atoms with E-state index >= 15 is 0 Å². The number of anilines is 1. The van der Waals surface area contributed by atoms with Crippen molar-refractivity contribution < 1.29 is 28.1 Å². The lowest BCUT2D eigenvalue weighted by Crippen LogP contribution is -2.31. The van der Waals surface area contributed by atoms with Crippen molar-refractivity contribution in [3.8, 4) is 34.6 Å². The molecular weight excluding hydrogens is 487 g/mol. The fraction of sp³-hybridized carbons (Fsp3) is 0.130. The molecule has 0 spiro atoms. The van der Waals surface area contributed by atoms with Gasteiger partial charge in [-0.25, -0.2) is 14.2 Å². The number of tetrazole rings is 1. The number of rotatable bonds is 9. The number of methoxy groups -OCH3 is 3. The summed E-state index contributed by atoms with van der Waals surface area (Å²) >= 11 is 0. The molecule has 13 nitrogen and oxygen atoms in total. The second-order valence-electron chi connectivity index (χ2n) is 7.17. The van der Waals surface area contributed by atoms with E-state index < -0.39 is 11.8 Å². The van der Waals surface area contributed by atoms with Gasteiger partial charge in [0.15, 0.2) is 28.9 Å². The van der Waals surface area contributed by atoms with Gasteiger partial charge in [0, 0.05) is 23.9 Å². The molecule has 2 amide bonds. The van der Waals surface area contributed by atoms with E-state index in [1.165, 1.54) is 62.9 Å². The Labute approximate surface area is 209 Å². The maximum Gasteiger partial charge on any atom is 0.340 e. The van der Waals surface area contributed by atoms with E-state index in [9.17, 15) is 9.18 Å². The van der Waals surface area contributed by atoms with E-state index in [4.69, 9.17) is 24.7 Å². The minimum atomic E-state index is -0.933. The summed E-state index contributed by atoms with van der Waals surface area (Å²) in [7, 11) is 4.42. The Morgan fingerprint density at radius 1 is 1.05 bits per heavy atom. The molecule has 190 valence electrons. The minimum Gasteiger partial charge on any atom is -0.493 e. The highest BCUT2D eigenvalue weighted by atomic mass is 19.1. The van der Waals surface area contributed by atoms with Crippen LogP contribution in [0, 0.1) is 5.82 Å². The van der Waals surface area contributed by atoms with Crippen molar-refractivity contribution in [2.45, 2.75) is 0 Å². The van der Waals surface area contributed by atoms with Gasteiger partial charge in [0.05, 0.1) is 33.2 Å². The Kier molecular flexibility index (Phi) is 7.37. The Bertz CT molecular complexity index is 1410. The Morgan fingerprint density at radius 2 is 1.81 bits per heavy atom. The number of ether oxygens (including phenoxy) is 4. The van der Waals surface area contributed by atoms with Crippen LogP contribution in [0.3, 0.4) is 0 Å².